The molecule has 4 nitrogen and oxygen atoms in total. The molecule has 0 amide bonds. The van der Waals surface area contributed by atoms with Crippen molar-refractivity contribution in [2.75, 3.05) is 20.1 Å². The molecular formula is C13H25ClN4. The third-order valence-electron chi connectivity index (χ3n) is 3.67. The predicted molar refractivity (Wildman–Crippen MR) is 76.8 cm³/mol. The summed E-state index contributed by atoms with van der Waals surface area (Å²) in [5.41, 5.74) is 7.12. The zero-order valence-corrected chi connectivity index (χ0v) is 12.4. The van der Waals surface area contributed by atoms with Crippen LogP contribution in [0, 0.1) is 11.8 Å². The molecule has 104 valence electrons. The lowest BCUT2D eigenvalue weighted by Gasteiger charge is -2.13. The number of aromatic nitrogens is 2. The first-order valence-electron chi connectivity index (χ1n) is 6.52. The van der Waals surface area contributed by atoms with Crippen molar-refractivity contribution in [3.8, 4) is 0 Å². The minimum absolute atomic E-state index is 0. The van der Waals surface area contributed by atoms with E-state index in [4.69, 9.17) is 5.73 Å². The maximum absolute atomic E-state index is 6.10. The van der Waals surface area contributed by atoms with E-state index in [-0.39, 0.29) is 18.4 Å². The molecule has 1 fully saturated rings. The summed E-state index contributed by atoms with van der Waals surface area (Å²) in [7, 11) is 2.19. The highest BCUT2D eigenvalue weighted by molar-refractivity contribution is 5.85. The van der Waals surface area contributed by atoms with Crippen molar-refractivity contribution < 1.29 is 0 Å². The predicted octanol–water partition coefficient (Wildman–Crippen LogP) is 1.91. The van der Waals surface area contributed by atoms with Crippen molar-refractivity contribution in [2.24, 2.45) is 17.6 Å². The van der Waals surface area contributed by atoms with Gasteiger partial charge in [-0.15, -0.1) is 12.4 Å². The lowest BCUT2D eigenvalue weighted by Crippen LogP contribution is -2.17. The van der Waals surface area contributed by atoms with Crippen LogP contribution in [0.3, 0.4) is 0 Å². The highest BCUT2D eigenvalue weighted by Crippen LogP contribution is 2.19. The first-order valence-corrected chi connectivity index (χ1v) is 6.52. The van der Waals surface area contributed by atoms with E-state index in [0.717, 1.165) is 18.2 Å². The van der Waals surface area contributed by atoms with Crippen LogP contribution in [0.5, 0.6) is 0 Å². The summed E-state index contributed by atoms with van der Waals surface area (Å²) < 4.78 is 2.20. The molecule has 1 aliphatic heterocycles. The molecule has 1 aliphatic rings. The number of nitrogens with two attached hydrogens (primary N) is 1. The summed E-state index contributed by atoms with van der Waals surface area (Å²) in [5, 5.41) is 0. The van der Waals surface area contributed by atoms with Crippen LogP contribution in [0.4, 0.5) is 0 Å². The van der Waals surface area contributed by atoms with E-state index in [1.165, 1.54) is 19.5 Å². The molecule has 18 heavy (non-hydrogen) atoms. The summed E-state index contributed by atoms with van der Waals surface area (Å²) in [4.78, 5) is 6.81. The second kappa shape index (κ2) is 6.55. The van der Waals surface area contributed by atoms with Gasteiger partial charge in [0.1, 0.15) is 0 Å². The molecule has 1 aromatic heterocycles. The van der Waals surface area contributed by atoms with Crippen LogP contribution in [0.2, 0.25) is 0 Å². The fourth-order valence-electron chi connectivity index (χ4n) is 2.46. The zero-order chi connectivity index (χ0) is 12.4. The van der Waals surface area contributed by atoms with Gasteiger partial charge in [-0.05, 0) is 31.8 Å². The van der Waals surface area contributed by atoms with Crippen molar-refractivity contribution in [1.82, 2.24) is 14.5 Å². The Labute approximate surface area is 116 Å². The molecular weight excluding hydrogens is 248 g/mol. The first kappa shape index (κ1) is 15.5. The molecule has 5 heteroatoms. The normalized spacial score (nSPS) is 22.2. The van der Waals surface area contributed by atoms with Crippen molar-refractivity contribution >= 4 is 12.4 Å². The molecule has 1 saturated heterocycles. The Morgan fingerprint density at radius 3 is 2.78 bits per heavy atom. The Bertz CT molecular complexity index is 364. The Kier molecular flexibility index (Phi) is 5.63. The molecule has 0 radical (unpaired) electrons. The van der Waals surface area contributed by atoms with Gasteiger partial charge in [0.25, 0.3) is 0 Å². The Morgan fingerprint density at radius 2 is 2.22 bits per heavy atom. The SMILES string of the molecule is CC(C)[C@H](N)c1cn(C[C@H]2CCN(C)C2)cn1.Cl. The number of likely N-dealkylation sites (tertiary alicyclic amines) is 1. The van der Waals surface area contributed by atoms with Crippen molar-refractivity contribution in [2.45, 2.75) is 32.9 Å². The van der Waals surface area contributed by atoms with Gasteiger partial charge in [-0.3, -0.25) is 0 Å². The summed E-state index contributed by atoms with van der Waals surface area (Å²) in [6.45, 7) is 7.76. The van der Waals surface area contributed by atoms with Crippen LogP contribution in [0.25, 0.3) is 0 Å². The molecule has 0 unspecified atom stereocenters. The van der Waals surface area contributed by atoms with E-state index in [0.29, 0.717) is 5.92 Å². The summed E-state index contributed by atoms with van der Waals surface area (Å²) in [6.07, 6.45) is 5.33. The summed E-state index contributed by atoms with van der Waals surface area (Å²) >= 11 is 0. The van der Waals surface area contributed by atoms with Crippen molar-refractivity contribution in [3.05, 3.63) is 18.2 Å². The zero-order valence-electron chi connectivity index (χ0n) is 11.5. The van der Waals surface area contributed by atoms with Gasteiger partial charge in [-0.1, -0.05) is 13.8 Å². The number of halogens is 1. The van der Waals surface area contributed by atoms with Gasteiger partial charge in [0.2, 0.25) is 0 Å². The summed E-state index contributed by atoms with van der Waals surface area (Å²) in [6, 6.07) is 0.0579. The van der Waals surface area contributed by atoms with Gasteiger partial charge in [0, 0.05) is 19.3 Å². The molecule has 0 saturated carbocycles. The lowest BCUT2D eigenvalue weighted by molar-refractivity contribution is 0.378. The van der Waals surface area contributed by atoms with Gasteiger partial charge < -0.3 is 15.2 Å². The Morgan fingerprint density at radius 1 is 1.50 bits per heavy atom. The average molecular weight is 273 g/mol. The van der Waals surface area contributed by atoms with E-state index < -0.39 is 0 Å². The smallest absolute Gasteiger partial charge is 0.0950 e. The molecule has 0 aromatic carbocycles. The van der Waals surface area contributed by atoms with Gasteiger partial charge in [0.05, 0.1) is 18.1 Å². The molecule has 2 rings (SSSR count). The number of rotatable bonds is 4. The van der Waals surface area contributed by atoms with Gasteiger partial charge in [-0.25, -0.2) is 4.98 Å². The van der Waals surface area contributed by atoms with Crippen LogP contribution in [0.15, 0.2) is 12.5 Å². The van der Waals surface area contributed by atoms with E-state index in [1.54, 1.807) is 0 Å². The van der Waals surface area contributed by atoms with E-state index in [1.807, 2.05) is 6.33 Å². The average Bonchev–Trinajstić information content (AvgIpc) is 2.87. The van der Waals surface area contributed by atoms with Crippen LogP contribution >= 0.6 is 12.4 Å². The maximum atomic E-state index is 6.10. The van der Waals surface area contributed by atoms with Crippen LogP contribution < -0.4 is 5.73 Å². The van der Waals surface area contributed by atoms with Gasteiger partial charge in [0.15, 0.2) is 0 Å². The summed E-state index contributed by atoms with van der Waals surface area (Å²) in [5.74, 6) is 1.20. The molecule has 0 spiro atoms. The second-order valence-electron chi connectivity index (χ2n) is 5.68. The second-order valence-corrected chi connectivity index (χ2v) is 5.68. The molecule has 0 bridgehead atoms. The number of hydrogen-bond acceptors (Lipinski definition) is 3. The molecule has 0 aliphatic carbocycles. The third-order valence-corrected chi connectivity index (χ3v) is 3.67. The third kappa shape index (κ3) is 3.70. The van der Waals surface area contributed by atoms with Crippen molar-refractivity contribution in [3.63, 3.8) is 0 Å². The van der Waals surface area contributed by atoms with Crippen molar-refractivity contribution in [1.29, 1.82) is 0 Å². The molecule has 1 aromatic rings. The van der Waals surface area contributed by atoms with E-state index in [9.17, 15) is 0 Å². The number of imidazole rings is 1. The monoisotopic (exact) mass is 272 g/mol. The van der Waals surface area contributed by atoms with Crippen LogP contribution in [0.1, 0.15) is 32.0 Å². The minimum atomic E-state index is 0. The van der Waals surface area contributed by atoms with Crippen LogP contribution in [-0.4, -0.2) is 34.6 Å². The number of nitrogens with zero attached hydrogens (tertiary/aromatic N) is 3. The van der Waals surface area contributed by atoms with Gasteiger partial charge >= 0.3 is 0 Å². The minimum Gasteiger partial charge on any atom is -0.337 e. The molecule has 2 atom stereocenters. The first-order chi connectivity index (χ1) is 8.06. The maximum Gasteiger partial charge on any atom is 0.0950 e. The highest BCUT2D eigenvalue weighted by atomic mass is 35.5. The fraction of sp³-hybridized carbons (Fsp3) is 0.769. The van der Waals surface area contributed by atoms with Gasteiger partial charge in [-0.2, -0.15) is 0 Å². The fourth-order valence-corrected chi connectivity index (χ4v) is 2.46. The Hall–Kier alpha value is -0.580. The number of hydrogen-bond donors (Lipinski definition) is 1. The highest BCUT2D eigenvalue weighted by Gasteiger charge is 2.20. The topological polar surface area (TPSA) is 47.1 Å². The van der Waals surface area contributed by atoms with E-state index in [2.05, 4.69) is 41.5 Å². The van der Waals surface area contributed by atoms with Crippen LogP contribution in [-0.2, 0) is 6.54 Å². The Balaban J connectivity index is 0.00000162. The van der Waals surface area contributed by atoms with E-state index >= 15 is 0 Å². The largest absolute Gasteiger partial charge is 0.337 e. The quantitative estimate of drug-likeness (QED) is 0.911. The lowest BCUT2D eigenvalue weighted by atomic mass is 10.0. The standard InChI is InChI=1S/C13H24N4.ClH/c1-10(2)13(14)12-8-17(9-15-12)7-11-4-5-16(3)6-11;/h8-11,13H,4-7,14H2,1-3H3;1H/t11-,13-;/m0./s1. The molecule has 2 heterocycles. The molecule has 2 N–H and O–H groups in total.